The third kappa shape index (κ3) is 4.51. The standard InChI is InChI=1S/C19H22N2O5S/c1-13(2)25-15-8-6-7-14(11-15)20-19(22)18-12-21(27(3,23)24)16-9-4-5-10-17(16)26-18/h4-11,13,18H,12H2,1-3H3,(H,20,22)/t18-/m1/s1. The number of fused-ring (bicyclic) bond motifs is 1. The summed E-state index contributed by atoms with van der Waals surface area (Å²) >= 11 is 0. The highest BCUT2D eigenvalue weighted by atomic mass is 32.2. The largest absolute Gasteiger partial charge is 0.491 e. The van der Waals surface area contributed by atoms with Gasteiger partial charge in [-0.15, -0.1) is 0 Å². The number of anilines is 2. The minimum absolute atomic E-state index is 0.0115. The van der Waals surface area contributed by atoms with Crippen molar-refractivity contribution in [2.24, 2.45) is 0 Å². The second kappa shape index (κ2) is 7.48. The zero-order valence-electron chi connectivity index (χ0n) is 15.4. The molecule has 0 fully saturated rings. The molecule has 1 amide bonds. The number of benzene rings is 2. The first-order valence-electron chi connectivity index (χ1n) is 8.55. The lowest BCUT2D eigenvalue weighted by Gasteiger charge is -2.33. The van der Waals surface area contributed by atoms with Gasteiger partial charge in [-0.3, -0.25) is 9.10 Å². The van der Waals surface area contributed by atoms with Gasteiger partial charge in [-0.05, 0) is 38.1 Å². The molecule has 1 aliphatic rings. The van der Waals surface area contributed by atoms with Crippen LogP contribution in [-0.2, 0) is 14.8 Å². The van der Waals surface area contributed by atoms with E-state index in [0.29, 0.717) is 22.9 Å². The number of hydrogen-bond donors (Lipinski definition) is 1. The number of nitrogens with one attached hydrogen (secondary N) is 1. The van der Waals surface area contributed by atoms with Crippen molar-refractivity contribution in [1.82, 2.24) is 0 Å². The molecular formula is C19H22N2O5S. The highest BCUT2D eigenvalue weighted by molar-refractivity contribution is 7.92. The molecule has 0 spiro atoms. The molecule has 0 aliphatic carbocycles. The lowest BCUT2D eigenvalue weighted by atomic mass is 10.2. The Morgan fingerprint density at radius 1 is 1.22 bits per heavy atom. The van der Waals surface area contributed by atoms with E-state index in [2.05, 4.69) is 5.32 Å². The molecule has 27 heavy (non-hydrogen) atoms. The summed E-state index contributed by atoms with van der Waals surface area (Å²) in [5, 5.41) is 2.76. The van der Waals surface area contributed by atoms with Crippen molar-refractivity contribution in [1.29, 1.82) is 0 Å². The van der Waals surface area contributed by atoms with Crippen LogP contribution < -0.4 is 19.1 Å². The SMILES string of the molecule is CC(C)Oc1cccc(NC(=O)[C@H]2CN(S(C)(=O)=O)c3ccccc3O2)c1. The Balaban J connectivity index is 1.80. The Bertz CT molecular complexity index is 943. The number of sulfonamides is 1. The third-order valence-electron chi connectivity index (χ3n) is 3.90. The summed E-state index contributed by atoms with van der Waals surface area (Å²) in [7, 11) is -3.55. The summed E-state index contributed by atoms with van der Waals surface area (Å²) in [4.78, 5) is 12.7. The quantitative estimate of drug-likeness (QED) is 0.848. The maximum absolute atomic E-state index is 12.7. The van der Waals surface area contributed by atoms with E-state index in [4.69, 9.17) is 9.47 Å². The lowest BCUT2D eigenvalue weighted by molar-refractivity contribution is -0.122. The highest BCUT2D eigenvalue weighted by Crippen LogP contribution is 2.34. The van der Waals surface area contributed by atoms with E-state index in [1.807, 2.05) is 13.8 Å². The van der Waals surface area contributed by atoms with Crippen molar-refractivity contribution in [3.05, 3.63) is 48.5 Å². The minimum Gasteiger partial charge on any atom is -0.491 e. The fourth-order valence-electron chi connectivity index (χ4n) is 2.79. The van der Waals surface area contributed by atoms with E-state index in [9.17, 15) is 13.2 Å². The van der Waals surface area contributed by atoms with Gasteiger partial charge in [-0.2, -0.15) is 0 Å². The van der Waals surface area contributed by atoms with Gasteiger partial charge in [-0.25, -0.2) is 8.42 Å². The summed E-state index contributed by atoms with van der Waals surface area (Å²) in [6.45, 7) is 3.74. The Morgan fingerprint density at radius 3 is 2.67 bits per heavy atom. The maximum Gasteiger partial charge on any atom is 0.267 e. The second-order valence-corrected chi connectivity index (χ2v) is 8.46. The molecule has 2 aromatic carbocycles. The Kier molecular flexibility index (Phi) is 5.27. The molecule has 7 nitrogen and oxygen atoms in total. The number of carbonyl (C=O) groups is 1. The average Bonchev–Trinajstić information content (AvgIpc) is 2.59. The molecule has 0 radical (unpaired) electrons. The fourth-order valence-corrected chi connectivity index (χ4v) is 3.71. The molecule has 0 aromatic heterocycles. The maximum atomic E-state index is 12.7. The van der Waals surface area contributed by atoms with E-state index in [-0.39, 0.29) is 12.6 Å². The molecule has 144 valence electrons. The van der Waals surface area contributed by atoms with Gasteiger partial charge in [0.05, 0.1) is 24.6 Å². The van der Waals surface area contributed by atoms with Crippen molar-refractivity contribution in [2.45, 2.75) is 26.1 Å². The monoisotopic (exact) mass is 390 g/mol. The summed E-state index contributed by atoms with van der Waals surface area (Å²) in [6.07, 6.45) is 0.151. The second-order valence-electron chi connectivity index (χ2n) is 6.55. The molecule has 0 bridgehead atoms. The van der Waals surface area contributed by atoms with Crippen LogP contribution in [0.4, 0.5) is 11.4 Å². The molecule has 0 unspecified atom stereocenters. The van der Waals surface area contributed by atoms with Crippen LogP contribution in [0.15, 0.2) is 48.5 Å². The molecule has 0 saturated heterocycles. The van der Waals surface area contributed by atoms with Gasteiger partial charge in [0.1, 0.15) is 11.5 Å². The molecule has 0 saturated carbocycles. The smallest absolute Gasteiger partial charge is 0.267 e. The minimum atomic E-state index is -3.55. The predicted octanol–water partition coefficient (Wildman–Crippen LogP) is 2.64. The Morgan fingerprint density at radius 2 is 1.96 bits per heavy atom. The van der Waals surface area contributed by atoms with Crippen molar-refractivity contribution in [3.63, 3.8) is 0 Å². The lowest BCUT2D eigenvalue weighted by Crippen LogP contribution is -2.48. The van der Waals surface area contributed by atoms with Gasteiger partial charge in [-0.1, -0.05) is 18.2 Å². The van der Waals surface area contributed by atoms with Gasteiger partial charge in [0.2, 0.25) is 10.0 Å². The normalized spacial score (nSPS) is 16.4. The van der Waals surface area contributed by atoms with E-state index >= 15 is 0 Å². The number of ether oxygens (including phenoxy) is 2. The highest BCUT2D eigenvalue weighted by Gasteiger charge is 2.34. The van der Waals surface area contributed by atoms with E-state index in [0.717, 1.165) is 6.26 Å². The number of rotatable bonds is 5. The van der Waals surface area contributed by atoms with E-state index in [1.54, 1.807) is 48.5 Å². The summed E-state index contributed by atoms with van der Waals surface area (Å²) in [5.74, 6) is 0.557. The van der Waals surface area contributed by atoms with Gasteiger partial charge in [0, 0.05) is 11.8 Å². The van der Waals surface area contributed by atoms with Crippen molar-refractivity contribution in [3.8, 4) is 11.5 Å². The molecule has 1 aliphatic heterocycles. The summed E-state index contributed by atoms with van der Waals surface area (Å²) < 4.78 is 36.8. The van der Waals surface area contributed by atoms with Gasteiger partial charge >= 0.3 is 0 Å². The molecule has 3 rings (SSSR count). The molecule has 2 aromatic rings. The first kappa shape index (κ1) is 19.0. The van der Waals surface area contributed by atoms with E-state index in [1.165, 1.54) is 4.31 Å². The van der Waals surface area contributed by atoms with Crippen LogP contribution >= 0.6 is 0 Å². The first-order chi connectivity index (χ1) is 12.7. The summed E-state index contributed by atoms with van der Waals surface area (Å²) in [5.41, 5.74) is 0.975. The van der Waals surface area contributed by atoms with Crippen molar-refractivity contribution in [2.75, 3.05) is 22.4 Å². The fraction of sp³-hybridized carbons (Fsp3) is 0.316. The number of carbonyl (C=O) groups excluding carboxylic acids is 1. The van der Waals surface area contributed by atoms with Crippen LogP contribution in [0.5, 0.6) is 11.5 Å². The Hall–Kier alpha value is -2.74. The first-order valence-corrected chi connectivity index (χ1v) is 10.4. The number of nitrogens with zero attached hydrogens (tertiary/aromatic N) is 1. The third-order valence-corrected chi connectivity index (χ3v) is 5.05. The van der Waals surface area contributed by atoms with Gasteiger partial charge < -0.3 is 14.8 Å². The van der Waals surface area contributed by atoms with Gasteiger partial charge in [0.25, 0.3) is 5.91 Å². The van der Waals surface area contributed by atoms with Crippen LogP contribution in [0, 0.1) is 0 Å². The number of para-hydroxylation sites is 2. The number of hydrogen-bond acceptors (Lipinski definition) is 5. The Labute approximate surface area is 158 Å². The molecule has 1 atom stereocenters. The van der Waals surface area contributed by atoms with Crippen LogP contribution in [-0.4, -0.2) is 39.3 Å². The topological polar surface area (TPSA) is 84.9 Å². The zero-order valence-corrected chi connectivity index (χ0v) is 16.2. The summed E-state index contributed by atoms with van der Waals surface area (Å²) in [6, 6.07) is 13.8. The molecule has 8 heteroatoms. The number of amides is 1. The molecule has 1 heterocycles. The zero-order chi connectivity index (χ0) is 19.6. The molecule has 1 N–H and O–H groups in total. The van der Waals surface area contributed by atoms with Gasteiger partial charge in [0.15, 0.2) is 6.10 Å². The van der Waals surface area contributed by atoms with Crippen molar-refractivity contribution < 1.29 is 22.7 Å². The molecular weight excluding hydrogens is 368 g/mol. The van der Waals surface area contributed by atoms with Crippen LogP contribution in [0.3, 0.4) is 0 Å². The van der Waals surface area contributed by atoms with Crippen molar-refractivity contribution >= 4 is 27.3 Å². The van der Waals surface area contributed by atoms with E-state index < -0.39 is 22.0 Å². The van der Waals surface area contributed by atoms with Crippen LogP contribution in [0.2, 0.25) is 0 Å². The average molecular weight is 390 g/mol. The predicted molar refractivity (Wildman–Crippen MR) is 104 cm³/mol. The van der Waals surface area contributed by atoms with Crippen LogP contribution in [0.1, 0.15) is 13.8 Å². The van der Waals surface area contributed by atoms with Crippen LogP contribution in [0.25, 0.3) is 0 Å².